The number of benzene rings is 3. The SMILES string of the molecule is Cc1ccc(C=Cc2ccccc2C(=Cc2ccccc2)C(F)(F)F)cc1. The molecule has 3 aromatic rings. The molecule has 0 saturated carbocycles. The van der Waals surface area contributed by atoms with Crippen molar-refractivity contribution in [3.05, 3.63) is 107 Å². The summed E-state index contributed by atoms with van der Waals surface area (Å²) in [5, 5.41) is 0. The lowest BCUT2D eigenvalue weighted by atomic mass is 9.96. The highest BCUT2D eigenvalue weighted by Crippen LogP contribution is 2.37. The summed E-state index contributed by atoms with van der Waals surface area (Å²) < 4.78 is 41.4. The van der Waals surface area contributed by atoms with E-state index in [0.717, 1.165) is 11.1 Å². The normalized spacial score (nSPS) is 12.5. The maximum absolute atomic E-state index is 13.8. The summed E-state index contributed by atoms with van der Waals surface area (Å²) in [6.07, 6.45) is 0.293. The molecule has 0 fully saturated rings. The standard InChI is InChI=1S/C24H19F3/c1-18-11-13-19(14-12-18)15-16-21-9-5-6-10-22(21)23(24(25,26)27)17-20-7-3-2-4-8-20/h2-17H,1H3. The molecule has 0 saturated heterocycles. The molecular formula is C24H19F3. The molecule has 0 aromatic heterocycles. The average Bonchev–Trinajstić information content (AvgIpc) is 2.66. The minimum absolute atomic E-state index is 0.164. The van der Waals surface area contributed by atoms with Crippen LogP contribution in [0.1, 0.15) is 27.8 Å². The predicted molar refractivity (Wildman–Crippen MR) is 107 cm³/mol. The van der Waals surface area contributed by atoms with E-state index in [1.54, 1.807) is 54.6 Å². The second-order valence-electron chi connectivity index (χ2n) is 6.30. The fourth-order valence-electron chi connectivity index (χ4n) is 2.78. The van der Waals surface area contributed by atoms with Crippen LogP contribution in [-0.4, -0.2) is 6.18 Å². The van der Waals surface area contributed by atoms with Crippen LogP contribution in [0.4, 0.5) is 13.2 Å². The molecule has 0 amide bonds. The fourth-order valence-corrected chi connectivity index (χ4v) is 2.78. The van der Waals surface area contributed by atoms with Crippen LogP contribution in [0.25, 0.3) is 23.8 Å². The molecule has 27 heavy (non-hydrogen) atoms. The molecule has 0 spiro atoms. The lowest BCUT2D eigenvalue weighted by Gasteiger charge is -2.15. The van der Waals surface area contributed by atoms with Gasteiger partial charge in [-0.1, -0.05) is 96.6 Å². The van der Waals surface area contributed by atoms with Crippen LogP contribution >= 0.6 is 0 Å². The Bertz CT molecular complexity index is 947. The van der Waals surface area contributed by atoms with Gasteiger partial charge in [-0.2, -0.15) is 13.2 Å². The highest BCUT2D eigenvalue weighted by molar-refractivity contribution is 5.89. The first-order chi connectivity index (χ1) is 12.9. The van der Waals surface area contributed by atoms with Crippen molar-refractivity contribution in [1.82, 2.24) is 0 Å². The van der Waals surface area contributed by atoms with Crippen molar-refractivity contribution in [2.24, 2.45) is 0 Å². The first kappa shape index (κ1) is 18.7. The Labute approximate surface area is 157 Å². The topological polar surface area (TPSA) is 0 Å². The third-order valence-corrected chi connectivity index (χ3v) is 4.20. The van der Waals surface area contributed by atoms with Gasteiger partial charge in [0.05, 0.1) is 5.57 Å². The maximum atomic E-state index is 13.8. The first-order valence-electron chi connectivity index (χ1n) is 8.61. The number of halogens is 3. The molecule has 0 N–H and O–H groups in total. The van der Waals surface area contributed by atoms with Crippen LogP contribution in [-0.2, 0) is 0 Å². The summed E-state index contributed by atoms with van der Waals surface area (Å²) in [4.78, 5) is 0. The number of alkyl halides is 3. The van der Waals surface area contributed by atoms with E-state index in [-0.39, 0.29) is 5.56 Å². The van der Waals surface area contributed by atoms with Crippen LogP contribution < -0.4 is 0 Å². The molecule has 0 atom stereocenters. The van der Waals surface area contributed by atoms with Gasteiger partial charge in [0, 0.05) is 0 Å². The Balaban J connectivity index is 2.04. The largest absolute Gasteiger partial charge is 0.417 e. The summed E-state index contributed by atoms with van der Waals surface area (Å²) >= 11 is 0. The lowest BCUT2D eigenvalue weighted by molar-refractivity contribution is -0.0683. The Hall–Kier alpha value is -3.07. The van der Waals surface area contributed by atoms with E-state index in [1.165, 1.54) is 12.1 Å². The zero-order valence-corrected chi connectivity index (χ0v) is 14.9. The van der Waals surface area contributed by atoms with Crippen LogP contribution in [0, 0.1) is 6.92 Å². The smallest absolute Gasteiger partial charge is 0.166 e. The molecule has 3 aromatic carbocycles. The second kappa shape index (κ2) is 8.09. The summed E-state index contributed by atoms with van der Waals surface area (Å²) in [7, 11) is 0. The molecule has 0 radical (unpaired) electrons. The Morgan fingerprint density at radius 3 is 2.00 bits per heavy atom. The Morgan fingerprint density at radius 2 is 1.33 bits per heavy atom. The van der Waals surface area contributed by atoms with Crippen LogP contribution in [0.15, 0.2) is 78.9 Å². The highest BCUT2D eigenvalue weighted by atomic mass is 19.4. The lowest BCUT2D eigenvalue weighted by Crippen LogP contribution is -2.11. The van der Waals surface area contributed by atoms with Crippen LogP contribution in [0.2, 0.25) is 0 Å². The van der Waals surface area contributed by atoms with Gasteiger partial charge in [0.15, 0.2) is 0 Å². The maximum Gasteiger partial charge on any atom is 0.417 e. The number of allylic oxidation sites excluding steroid dienone is 1. The van der Waals surface area contributed by atoms with Gasteiger partial charge in [0.1, 0.15) is 0 Å². The molecule has 0 unspecified atom stereocenters. The number of rotatable bonds is 4. The van der Waals surface area contributed by atoms with Gasteiger partial charge in [0.2, 0.25) is 0 Å². The average molecular weight is 364 g/mol. The molecule has 3 heteroatoms. The van der Waals surface area contributed by atoms with E-state index in [2.05, 4.69) is 0 Å². The summed E-state index contributed by atoms with van der Waals surface area (Å²) in [5.41, 5.74) is 2.63. The molecule has 0 bridgehead atoms. The van der Waals surface area contributed by atoms with Crippen LogP contribution in [0.3, 0.4) is 0 Å². The van der Waals surface area contributed by atoms with Gasteiger partial charge in [-0.3, -0.25) is 0 Å². The fraction of sp³-hybridized carbons (Fsp3) is 0.0833. The van der Waals surface area contributed by atoms with Crippen LogP contribution in [0.5, 0.6) is 0 Å². The number of hydrogen-bond donors (Lipinski definition) is 0. The summed E-state index contributed by atoms with van der Waals surface area (Å²) in [5.74, 6) is 0. The van der Waals surface area contributed by atoms with E-state index in [9.17, 15) is 13.2 Å². The zero-order chi connectivity index (χ0) is 19.3. The quantitative estimate of drug-likeness (QED) is 0.427. The van der Waals surface area contributed by atoms with Crippen molar-refractivity contribution in [3.8, 4) is 0 Å². The second-order valence-corrected chi connectivity index (χ2v) is 6.30. The van der Waals surface area contributed by atoms with Gasteiger partial charge in [0.25, 0.3) is 0 Å². The minimum atomic E-state index is -4.45. The molecule has 3 rings (SSSR count). The van der Waals surface area contributed by atoms with E-state index in [1.807, 2.05) is 37.3 Å². The first-order valence-corrected chi connectivity index (χ1v) is 8.61. The monoisotopic (exact) mass is 364 g/mol. The molecule has 0 aliphatic rings. The van der Waals surface area contributed by atoms with Crippen molar-refractivity contribution < 1.29 is 13.2 Å². The van der Waals surface area contributed by atoms with Crippen molar-refractivity contribution >= 4 is 23.8 Å². The Kier molecular flexibility index (Phi) is 5.60. The predicted octanol–water partition coefficient (Wildman–Crippen LogP) is 7.27. The van der Waals surface area contributed by atoms with Crippen molar-refractivity contribution in [3.63, 3.8) is 0 Å². The summed E-state index contributed by atoms with van der Waals surface area (Å²) in [6, 6.07) is 23.0. The van der Waals surface area contributed by atoms with E-state index in [0.29, 0.717) is 11.1 Å². The van der Waals surface area contributed by atoms with Gasteiger partial charge < -0.3 is 0 Å². The molecule has 0 aliphatic heterocycles. The molecule has 0 nitrogen and oxygen atoms in total. The zero-order valence-electron chi connectivity index (χ0n) is 14.9. The van der Waals surface area contributed by atoms with E-state index < -0.39 is 11.7 Å². The van der Waals surface area contributed by atoms with Gasteiger partial charge >= 0.3 is 6.18 Å². The van der Waals surface area contributed by atoms with Gasteiger partial charge in [-0.25, -0.2) is 0 Å². The summed E-state index contributed by atoms with van der Waals surface area (Å²) in [6.45, 7) is 1.99. The molecule has 0 heterocycles. The van der Waals surface area contributed by atoms with Gasteiger partial charge in [-0.05, 0) is 35.3 Å². The van der Waals surface area contributed by atoms with Crippen molar-refractivity contribution in [2.75, 3.05) is 0 Å². The third kappa shape index (κ3) is 4.98. The molecular weight excluding hydrogens is 345 g/mol. The molecule has 0 aliphatic carbocycles. The van der Waals surface area contributed by atoms with Crippen molar-refractivity contribution in [2.45, 2.75) is 13.1 Å². The third-order valence-electron chi connectivity index (χ3n) is 4.20. The number of aryl methyl sites for hydroxylation is 1. The minimum Gasteiger partial charge on any atom is -0.166 e. The highest BCUT2D eigenvalue weighted by Gasteiger charge is 2.35. The number of hydrogen-bond acceptors (Lipinski definition) is 0. The van der Waals surface area contributed by atoms with Gasteiger partial charge in [-0.15, -0.1) is 0 Å². The van der Waals surface area contributed by atoms with Crippen molar-refractivity contribution in [1.29, 1.82) is 0 Å². The molecule has 136 valence electrons. The van der Waals surface area contributed by atoms with E-state index >= 15 is 0 Å². The van der Waals surface area contributed by atoms with E-state index in [4.69, 9.17) is 0 Å². The Morgan fingerprint density at radius 1 is 0.704 bits per heavy atom.